The number of pyridine rings is 4. The Hall–Kier alpha value is -7.63. The first-order valence-corrected chi connectivity index (χ1v) is 12.8. The predicted octanol–water partition coefficient (Wildman–Crippen LogP) is 2.30. The summed E-state index contributed by atoms with van der Waals surface area (Å²) in [5.74, 6) is 14.0. The first-order chi connectivity index (χ1) is 23.3. The third-order valence-electron chi connectivity index (χ3n) is 5.22. The SMILES string of the molecule is N#C[N-][N+](=O)[O-].N#C[N-][N+](=O)[O-].Nn1c(-c2ccccn2)nnc1-c1ccccn1.Nn1c(-c2ccccn2)nnc1-c1ccccn1.[Co+2]. The largest absolute Gasteiger partial charge is 2.00 e. The Morgan fingerprint density at radius 3 is 0.939 bits per heavy atom. The van der Waals surface area contributed by atoms with Gasteiger partial charge in [0.1, 0.15) is 22.8 Å². The monoisotopic (exact) mass is 707 g/mol. The molecule has 0 aliphatic carbocycles. The van der Waals surface area contributed by atoms with E-state index in [1.165, 1.54) is 9.35 Å². The van der Waals surface area contributed by atoms with Crippen molar-refractivity contribution in [3.63, 3.8) is 0 Å². The Balaban J connectivity index is 0.000000254. The minimum Gasteiger partial charge on any atom is -0.489 e. The van der Waals surface area contributed by atoms with E-state index in [9.17, 15) is 0 Å². The average Bonchev–Trinajstić information content (AvgIpc) is 3.69. The number of aromatic nitrogens is 10. The van der Waals surface area contributed by atoms with E-state index in [1.807, 2.05) is 72.8 Å². The molecule has 0 saturated carbocycles. The molecular weight excluding hydrogens is 687 g/mol. The van der Waals surface area contributed by atoms with Gasteiger partial charge in [-0.05, 0) is 60.9 Å². The molecule has 4 N–H and O–H groups in total. The molecular formula is C26H20CoN18O4. The summed E-state index contributed by atoms with van der Waals surface area (Å²) in [6, 6.07) is 22.1. The topological polar surface area (TPSA) is 327 Å². The van der Waals surface area contributed by atoms with Gasteiger partial charge in [0.25, 0.3) is 0 Å². The molecule has 6 aromatic heterocycles. The maximum Gasteiger partial charge on any atom is 2.00 e. The van der Waals surface area contributed by atoms with Crippen LogP contribution >= 0.6 is 0 Å². The maximum absolute atomic E-state index is 9.02. The van der Waals surface area contributed by atoms with Crippen molar-refractivity contribution >= 4 is 0 Å². The number of rotatable bonds is 6. The Morgan fingerprint density at radius 2 is 0.796 bits per heavy atom. The molecule has 6 heterocycles. The van der Waals surface area contributed by atoms with Gasteiger partial charge in [-0.2, -0.15) is 0 Å². The fourth-order valence-corrected chi connectivity index (χ4v) is 3.33. The predicted molar refractivity (Wildman–Crippen MR) is 165 cm³/mol. The molecule has 0 saturated heterocycles. The van der Waals surface area contributed by atoms with Crippen molar-refractivity contribution < 1.29 is 26.8 Å². The average molecular weight is 708 g/mol. The van der Waals surface area contributed by atoms with Crippen LogP contribution in [-0.2, 0) is 16.8 Å². The third-order valence-corrected chi connectivity index (χ3v) is 5.22. The minimum absolute atomic E-state index is 0. The minimum atomic E-state index is -1.06. The van der Waals surface area contributed by atoms with Crippen molar-refractivity contribution in [1.82, 2.24) is 49.7 Å². The number of nitro groups is 2. The van der Waals surface area contributed by atoms with Crippen LogP contribution < -0.4 is 11.7 Å². The maximum atomic E-state index is 9.02. The van der Waals surface area contributed by atoms with E-state index in [-0.39, 0.29) is 16.8 Å². The van der Waals surface area contributed by atoms with Crippen LogP contribution in [0.25, 0.3) is 56.9 Å². The van der Waals surface area contributed by atoms with Crippen molar-refractivity contribution in [2.24, 2.45) is 0 Å². The van der Waals surface area contributed by atoms with Gasteiger partial charge in [-0.15, -0.1) is 20.4 Å². The summed E-state index contributed by atoms with van der Waals surface area (Å²) in [4.78, 5) is 34.8. The molecule has 23 heteroatoms. The molecule has 247 valence electrons. The van der Waals surface area contributed by atoms with Crippen molar-refractivity contribution in [2.45, 2.75) is 0 Å². The van der Waals surface area contributed by atoms with Gasteiger partial charge >= 0.3 is 16.8 Å². The number of hydrogen-bond donors (Lipinski definition) is 2. The van der Waals surface area contributed by atoms with Gasteiger partial charge in [-0.1, -0.05) is 35.1 Å². The van der Waals surface area contributed by atoms with E-state index in [4.69, 9.17) is 42.4 Å². The molecule has 0 aliphatic rings. The zero-order chi connectivity index (χ0) is 34.7. The summed E-state index contributed by atoms with van der Waals surface area (Å²) in [6.07, 6.45) is 8.73. The van der Waals surface area contributed by atoms with Gasteiger partial charge < -0.3 is 22.2 Å². The second-order valence-electron chi connectivity index (χ2n) is 8.17. The Morgan fingerprint density at radius 1 is 0.551 bits per heavy atom. The van der Waals surface area contributed by atoms with Gasteiger partial charge in [0.2, 0.25) is 23.3 Å². The molecule has 0 bridgehead atoms. The van der Waals surface area contributed by atoms with Gasteiger partial charge in [0.05, 0.1) is 10.1 Å². The van der Waals surface area contributed by atoms with E-state index < -0.39 is 10.1 Å². The van der Waals surface area contributed by atoms with Gasteiger partial charge in [0.15, 0.2) is 0 Å². The molecule has 0 amide bonds. The zero-order valence-electron chi connectivity index (χ0n) is 24.5. The van der Waals surface area contributed by atoms with E-state index >= 15 is 0 Å². The second-order valence-corrected chi connectivity index (χ2v) is 8.17. The van der Waals surface area contributed by atoms with Crippen molar-refractivity contribution in [1.29, 1.82) is 10.5 Å². The van der Waals surface area contributed by atoms with Crippen LogP contribution in [0.15, 0.2) is 97.6 Å². The number of nitrogen functional groups attached to an aromatic ring is 2. The smallest absolute Gasteiger partial charge is 0.489 e. The summed E-state index contributed by atoms with van der Waals surface area (Å²) in [5, 5.41) is 46.9. The van der Waals surface area contributed by atoms with Crippen LogP contribution in [0.4, 0.5) is 0 Å². The summed E-state index contributed by atoms with van der Waals surface area (Å²) in [5.41, 5.74) is 7.01. The Labute approximate surface area is 285 Å². The van der Waals surface area contributed by atoms with Gasteiger partial charge in [0, 0.05) is 24.8 Å². The molecule has 6 rings (SSSR count). The standard InChI is InChI=1S/2C12H10N6.2CN3O2.Co/c2*13-18-11(9-5-1-3-7-14-9)16-17-12(18)10-6-2-4-8-15-10;2*2-1-3-4(5)6;/h2*1-8H,13H2;;;/q;;2*-1;+2. The Kier molecular flexibility index (Phi) is 15.1. The normalized spacial score (nSPS) is 9.10. The van der Waals surface area contributed by atoms with E-state index in [0.29, 0.717) is 46.1 Å². The molecule has 22 nitrogen and oxygen atoms in total. The van der Waals surface area contributed by atoms with Gasteiger partial charge in [-0.25, -0.2) is 9.35 Å². The molecule has 0 spiro atoms. The molecule has 0 aliphatic heterocycles. The molecule has 0 aromatic carbocycles. The van der Waals surface area contributed by atoms with Crippen LogP contribution in [0.1, 0.15) is 0 Å². The number of nitrogens with zero attached hydrogens (tertiary/aromatic N) is 16. The molecule has 1 radical (unpaired) electrons. The number of nitrogens with two attached hydrogens (primary N) is 2. The van der Waals surface area contributed by atoms with E-state index in [0.717, 1.165) is 12.4 Å². The first-order valence-electron chi connectivity index (χ1n) is 12.8. The van der Waals surface area contributed by atoms with Crippen LogP contribution in [-0.4, -0.2) is 59.7 Å². The molecule has 0 fully saturated rings. The van der Waals surface area contributed by atoms with Crippen molar-refractivity contribution in [2.75, 3.05) is 11.7 Å². The first kappa shape index (κ1) is 37.6. The summed E-state index contributed by atoms with van der Waals surface area (Å²) in [7, 11) is 0. The van der Waals surface area contributed by atoms with E-state index in [2.05, 4.69) is 51.2 Å². The third kappa shape index (κ3) is 11.3. The molecule has 0 unspecified atom stereocenters. The van der Waals surface area contributed by atoms with Crippen LogP contribution in [0.2, 0.25) is 0 Å². The summed E-state index contributed by atoms with van der Waals surface area (Å²) < 4.78 is 2.79. The van der Waals surface area contributed by atoms with Crippen molar-refractivity contribution in [3.8, 4) is 58.5 Å². The summed E-state index contributed by atoms with van der Waals surface area (Å²) >= 11 is 0. The fraction of sp³-hybridized carbons (Fsp3) is 0. The number of hydrogen-bond acceptors (Lipinski definition) is 16. The quantitative estimate of drug-likeness (QED) is 0.108. The molecule has 0 atom stereocenters. The Bertz CT molecular complexity index is 1720. The van der Waals surface area contributed by atoms with Gasteiger partial charge in [-0.3, -0.25) is 40.2 Å². The fourth-order valence-electron chi connectivity index (χ4n) is 3.33. The van der Waals surface area contributed by atoms with Crippen molar-refractivity contribution in [3.05, 3.63) is 129 Å². The summed E-state index contributed by atoms with van der Waals surface area (Å²) in [6.45, 7) is 0. The molecule has 6 aromatic rings. The van der Waals surface area contributed by atoms with Crippen LogP contribution in [0, 0.1) is 43.1 Å². The molecule has 49 heavy (non-hydrogen) atoms. The number of nitriles is 2. The van der Waals surface area contributed by atoms with E-state index in [1.54, 1.807) is 24.8 Å². The zero-order valence-corrected chi connectivity index (χ0v) is 25.6. The van der Waals surface area contributed by atoms with Crippen LogP contribution in [0.5, 0.6) is 0 Å². The van der Waals surface area contributed by atoms with Crippen LogP contribution in [0.3, 0.4) is 0 Å². The second kappa shape index (κ2) is 19.7.